The zero-order valence-corrected chi connectivity index (χ0v) is 6.99. The molecule has 0 atom stereocenters. The van der Waals surface area contributed by atoms with Crippen molar-refractivity contribution in [1.82, 2.24) is 0 Å². The van der Waals surface area contributed by atoms with E-state index in [-0.39, 0.29) is 0 Å². The van der Waals surface area contributed by atoms with Crippen molar-refractivity contribution in [3.05, 3.63) is 0 Å². The molecule has 0 aliphatic carbocycles. The lowest BCUT2D eigenvalue weighted by Gasteiger charge is -2.05. The predicted octanol–water partition coefficient (Wildman–Crippen LogP) is 0.881. The Balaban J connectivity index is 4.51. The summed E-state index contributed by atoms with van der Waals surface area (Å²) >= 11 is 0. The van der Waals surface area contributed by atoms with E-state index < -0.39 is 15.5 Å². The van der Waals surface area contributed by atoms with Crippen LogP contribution in [0.1, 0.15) is 20.8 Å². The first kappa shape index (κ1) is 9.47. The Hall–Kier alpha value is -0.530. The largest absolute Gasteiger partial charge is 0.335 e. The molecule has 0 fully saturated rings. The molecule has 3 nitrogen and oxygen atoms in total. The zero-order valence-electron chi connectivity index (χ0n) is 6.17. The highest BCUT2D eigenvalue weighted by Gasteiger charge is 2.05. The molecule has 0 unspecified atom stereocenters. The molecule has 0 saturated carbocycles. The Kier molecular flexibility index (Phi) is 2.47. The molecule has 0 radical (unpaired) electrons. The second-order valence-corrected chi connectivity index (χ2v) is 4.11. The molecule has 0 spiro atoms. The van der Waals surface area contributed by atoms with E-state index in [4.69, 9.17) is 4.55 Å². The minimum Gasteiger partial charge on any atom is -0.276 e. The average molecular weight is 162 g/mol. The number of hydrogen-bond donors (Lipinski definition) is 1. The van der Waals surface area contributed by atoms with Crippen LogP contribution in [0.2, 0.25) is 0 Å². The van der Waals surface area contributed by atoms with Crippen molar-refractivity contribution < 1.29 is 13.0 Å². The Morgan fingerprint density at radius 2 is 1.70 bits per heavy atom. The van der Waals surface area contributed by atoms with Gasteiger partial charge in [-0.15, -0.1) is 0 Å². The van der Waals surface area contributed by atoms with E-state index in [1.54, 1.807) is 26.0 Å². The molecule has 0 rings (SSSR count). The highest BCUT2D eigenvalue weighted by molar-refractivity contribution is 7.90. The zero-order chi connectivity index (χ0) is 8.41. The van der Waals surface area contributed by atoms with Gasteiger partial charge < -0.3 is 0 Å². The van der Waals surface area contributed by atoms with Crippen LogP contribution in [0.15, 0.2) is 0 Å². The topological polar surface area (TPSA) is 54.4 Å². The highest BCUT2D eigenvalue weighted by atomic mass is 32.2. The van der Waals surface area contributed by atoms with Gasteiger partial charge in [0.15, 0.2) is 0 Å². The molecule has 1 N–H and O–H groups in total. The molecule has 0 aromatic rings. The minimum atomic E-state index is -4.12. The van der Waals surface area contributed by atoms with Gasteiger partial charge in [0.1, 0.15) is 0 Å². The van der Waals surface area contributed by atoms with Crippen molar-refractivity contribution in [2.75, 3.05) is 0 Å². The summed E-state index contributed by atoms with van der Waals surface area (Å²) in [7, 11) is -4.12. The van der Waals surface area contributed by atoms with E-state index in [0.717, 1.165) is 0 Å². The normalized spacial score (nSPS) is 12.0. The first-order valence-electron chi connectivity index (χ1n) is 2.72. The third-order valence-corrected chi connectivity index (χ3v) is 0.915. The number of rotatable bonds is 0. The molecular weight excluding hydrogens is 152 g/mol. The highest BCUT2D eigenvalue weighted by Crippen LogP contribution is 2.09. The van der Waals surface area contributed by atoms with Gasteiger partial charge in [0, 0.05) is 5.41 Å². The Labute approximate surface area is 61.2 Å². The fourth-order valence-electron chi connectivity index (χ4n) is 0.218. The fraction of sp³-hybridized carbons (Fsp3) is 0.667. The average Bonchev–Trinajstić information content (AvgIpc) is 1.57. The predicted molar refractivity (Wildman–Crippen MR) is 38.8 cm³/mol. The van der Waals surface area contributed by atoms with Crippen molar-refractivity contribution in [1.29, 1.82) is 0 Å². The van der Waals surface area contributed by atoms with Crippen LogP contribution in [-0.2, 0) is 10.1 Å². The van der Waals surface area contributed by atoms with Crippen molar-refractivity contribution in [3.63, 3.8) is 0 Å². The van der Waals surface area contributed by atoms with Gasteiger partial charge in [-0.2, -0.15) is 8.42 Å². The van der Waals surface area contributed by atoms with Gasteiger partial charge in [0.05, 0.1) is 5.25 Å². The second-order valence-electron chi connectivity index (χ2n) is 2.95. The summed E-state index contributed by atoms with van der Waals surface area (Å²) in [5.41, 5.74) is -0.393. The van der Waals surface area contributed by atoms with Crippen molar-refractivity contribution in [2.45, 2.75) is 20.8 Å². The van der Waals surface area contributed by atoms with E-state index in [1.807, 2.05) is 0 Å². The summed E-state index contributed by atoms with van der Waals surface area (Å²) < 4.78 is 28.3. The van der Waals surface area contributed by atoms with Gasteiger partial charge in [0.2, 0.25) is 0 Å². The molecule has 0 aromatic heterocycles. The molecule has 10 heavy (non-hydrogen) atoms. The van der Waals surface area contributed by atoms with Gasteiger partial charge in [-0.05, 0) is 20.8 Å². The molecular formula is C6H10O3S. The van der Waals surface area contributed by atoms with Crippen molar-refractivity contribution in [2.24, 2.45) is 5.41 Å². The van der Waals surface area contributed by atoms with E-state index in [2.05, 4.69) is 5.92 Å². The molecule has 0 saturated heterocycles. The first-order chi connectivity index (χ1) is 4.21. The van der Waals surface area contributed by atoms with Crippen molar-refractivity contribution >= 4 is 10.1 Å². The quantitative estimate of drug-likeness (QED) is 0.425. The molecule has 0 amide bonds. The van der Waals surface area contributed by atoms with Crippen LogP contribution in [-0.4, -0.2) is 13.0 Å². The lowest BCUT2D eigenvalue weighted by atomic mass is 9.99. The summed E-state index contributed by atoms with van der Waals surface area (Å²) in [4.78, 5) is 0. The molecule has 58 valence electrons. The van der Waals surface area contributed by atoms with E-state index in [1.165, 1.54) is 0 Å². The Bertz CT molecular complexity index is 258. The van der Waals surface area contributed by atoms with Crippen LogP contribution in [0, 0.1) is 16.6 Å². The summed E-state index contributed by atoms with van der Waals surface area (Å²) in [5, 5.41) is 1.74. The third kappa shape index (κ3) is 7.47. The number of hydrogen-bond acceptors (Lipinski definition) is 2. The molecule has 0 bridgehead atoms. The van der Waals surface area contributed by atoms with Crippen LogP contribution in [0.25, 0.3) is 0 Å². The van der Waals surface area contributed by atoms with E-state index >= 15 is 0 Å². The maximum atomic E-state index is 10.1. The Morgan fingerprint density at radius 1 is 1.30 bits per heavy atom. The van der Waals surface area contributed by atoms with Crippen LogP contribution in [0.5, 0.6) is 0 Å². The van der Waals surface area contributed by atoms with Gasteiger partial charge in [0.25, 0.3) is 0 Å². The van der Waals surface area contributed by atoms with Gasteiger partial charge in [-0.1, -0.05) is 5.92 Å². The monoisotopic (exact) mass is 162 g/mol. The standard InChI is InChI=1S/C6H10O3S/c1-6(2,3)4-5-10(7,8)9/h1-3H3,(H,7,8,9). The summed E-state index contributed by atoms with van der Waals surface area (Å²) in [5.74, 6) is 2.37. The van der Waals surface area contributed by atoms with Crippen LogP contribution in [0.4, 0.5) is 0 Å². The van der Waals surface area contributed by atoms with Gasteiger partial charge >= 0.3 is 10.1 Å². The molecule has 0 aliphatic heterocycles. The van der Waals surface area contributed by atoms with Crippen LogP contribution < -0.4 is 0 Å². The smallest absolute Gasteiger partial charge is 0.276 e. The minimum absolute atomic E-state index is 0.393. The maximum absolute atomic E-state index is 10.1. The van der Waals surface area contributed by atoms with Crippen LogP contribution >= 0.6 is 0 Å². The SMILES string of the molecule is CC(C)(C)C#CS(=O)(=O)O. The lowest BCUT2D eigenvalue weighted by molar-refractivity contribution is 0.495. The lowest BCUT2D eigenvalue weighted by Crippen LogP contribution is -2.01. The summed E-state index contributed by atoms with van der Waals surface area (Å²) in [6.07, 6.45) is 0. The Morgan fingerprint density at radius 3 is 1.80 bits per heavy atom. The van der Waals surface area contributed by atoms with E-state index in [0.29, 0.717) is 0 Å². The molecule has 4 heteroatoms. The van der Waals surface area contributed by atoms with E-state index in [9.17, 15) is 8.42 Å². The summed E-state index contributed by atoms with van der Waals surface area (Å²) in [6.45, 7) is 5.27. The first-order valence-corrected chi connectivity index (χ1v) is 4.16. The molecule has 0 aromatic carbocycles. The van der Waals surface area contributed by atoms with Crippen molar-refractivity contribution in [3.8, 4) is 11.2 Å². The van der Waals surface area contributed by atoms with Gasteiger partial charge in [-0.25, -0.2) is 0 Å². The van der Waals surface area contributed by atoms with Crippen LogP contribution in [0.3, 0.4) is 0 Å². The second kappa shape index (κ2) is 2.60. The fourth-order valence-corrected chi connectivity index (χ4v) is 0.653. The summed E-state index contributed by atoms with van der Waals surface area (Å²) in [6, 6.07) is 0. The third-order valence-electron chi connectivity index (χ3n) is 0.555. The maximum Gasteiger partial charge on any atom is 0.335 e. The molecule has 0 heterocycles. The molecule has 0 aliphatic rings. The van der Waals surface area contributed by atoms with Gasteiger partial charge in [-0.3, -0.25) is 4.55 Å².